The van der Waals surface area contributed by atoms with E-state index in [4.69, 9.17) is 0 Å². The fraction of sp³-hybridized carbons (Fsp3) is 0.238. The van der Waals surface area contributed by atoms with Crippen LogP contribution in [0.1, 0.15) is 28.8 Å². The van der Waals surface area contributed by atoms with Gasteiger partial charge in [-0.05, 0) is 37.0 Å². The molecular weight excluding hydrogens is 372 g/mol. The molecule has 0 saturated heterocycles. The second-order valence-corrected chi connectivity index (χ2v) is 8.19. The lowest BCUT2D eigenvalue weighted by Gasteiger charge is -2.13. The van der Waals surface area contributed by atoms with Crippen molar-refractivity contribution in [1.82, 2.24) is 19.2 Å². The standard InChI is InChI=1S/C21H18N4O2S/c1-24-19(27)15-10-4-5-11-16(15)25-20(24)22-23-21(25)28-17-12-6-8-13-7-2-3-9-14(13)18(17)26/h2-5,7,9-11,17H,6,8,12H2,1H3. The Morgan fingerprint density at radius 3 is 2.71 bits per heavy atom. The van der Waals surface area contributed by atoms with E-state index in [1.165, 1.54) is 16.3 Å². The summed E-state index contributed by atoms with van der Waals surface area (Å²) in [4.78, 5) is 25.7. The number of carbonyl (C=O) groups excluding carboxylic acids is 1. The molecular formula is C21H18N4O2S. The summed E-state index contributed by atoms with van der Waals surface area (Å²) >= 11 is 1.44. The van der Waals surface area contributed by atoms with Crippen molar-refractivity contribution in [3.05, 3.63) is 70.0 Å². The molecule has 1 atom stereocenters. The summed E-state index contributed by atoms with van der Waals surface area (Å²) in [7, 11) is 1.69. The first-order valence-electron chi connectivity index (χ1n) is 9.27. The van der Waals surface area contributed by atoms with E-state index in [1.807, 2.05) is 46.9 Å². The summed E-state index contributed by atoms with van der Waals surface area (Å²) in [5.74, 6) is 0.622. The zero-order chi connectivity index (χ0) is 19.3. The maximum atomic E-state index is 13.2. The van der Waals surface area contributed by atoms with Gasteiger partial charge in [-0.2, -0.15) is 0 Å². The SMILES string of the molecule is Cn1c(=O)c2ccccc2n2c(SC3CCCc4ccccc4C3=O)nnc12. The number of Topliss-reactive ketones (excluding diaryl/α,β-unsaturated/α-hetero) is 1. The molecule has 2 aromatic heterocycles. The number of thioether (sulfide) groups is 1. The topological polar surface area (TPSA) is 69.3 Å². The number of nitrogens with zero attached hydrogens (tertiary/aromatic N) is 4. The van der Waals surface area contributed by atoms with Crippen LogP contribution in [0.15, 0.2) is 58.5 Å². The van der Waals surface area contributed by atoms with E-state index in [2.05, 4.69) is 10.2 Å². The lowest BCUT2D eigenvalue weighted by Crippen LogP contribution is -2.20. The van der Waals surface area contributed by atoms with Crippen LogP contribution in [0.25, 0.3) is 16.7 Å². The zero-order valence-corrected chi connectivity index (χ0v) is 16.1. The molecule has 140 valence electrons. The summed E-state index contributed by atoms with van der Waals surface area (Å²) in [6.07, 6.45) is 2.66. The van der Waals surface area contributed by atoms with Crippen molar-refractivity contribution in [2.24, 2.45) is 7.05 Å². The van der Waals surface area contributed by atoms with Gasteiger partial charge in [0.1, 0.15) is 0 Å². The third kappa shape index (κ3) is 2.57. The van der Waals surface area contributed by atoms with Gasteiger partial charge in [0.2, 0.25) is 5.78 Å². The summed E-state index contributed by atoms with van der Waals surface area (Å²) < 4.78 is 3.38. The van der Waals surface area contributed by atoms with Crippen molar-refractivity contribution in [1.29, 1.82) is 0 Å². The number of aryl methyl sites for hydroxylation is 2. The van der Waals surface area contributed by atoms with E-state index < -0.39 is 0 Å². The van der Waals surface area contributed by atoms with Crippen LogP contribution < -0.4 is 5.56 Å². The molecule has 7 heteroatoms. The minimum atomic E-state index is -0.216. The van der Waals surface area contributed by atoms with Crippen LogP contribution in [-0.4, -0.2) is 30.2 Å². The third-order valence-corrected chi connectivity index (χ3v) is 6.54. The molecule has 0 aliphatic heterocycles. The Balaban J connectivity index is 1.63. The molecule has 2 heterocycles. The predicted octanol–water partition coefficient (Wildman–Crippen LogP) is 3.26. The Labute approximate surface area is 165 Å². The van der Waals surface area contributed by atoms with Gasteiger partial charge in [-0.25, -0.2) is 0 Å². The van der Waals surface area contributed by atoms with Gasteiger partial charge in [0.15, 0.2) is 10.9 Å². The molecule has 0 spiro atoms. The predicted molar refractivity (Wildman–Crippen MR) is 109 cm³/mol. The summed E-state index contributed by atoms with van der Waals surface area (Å²) in [6, 6.07) is 15.3. The van der Waals surface area contributed by atoms with Gasteiger partial charge in [0, 0.05) is 12.6 Å². The number of hydrogen-bond donors (Lipinski definition) is 0. The van der Waals surface area contributed by atoms with Crippen LogP contribution in [-0.2, 0) is 13.5 Å². The summed E-state index contributed by atoms with van der Waals surface area (Å²) in [5, 5.41) is 9.59. The van der Waals surface area contributed by atoms with Crippen molar-refractivity contribution in [3.8, 4) is 0 Å². The van der Waals surface area contributed by atoms with Crippen molar-refractivity contribution < 1.29 is 4.79 Å². The molecule has 1 aliphatic carbocycles. The first kappa shape index (κ1) is 17.2. The lowest BCUT2D eigenvalue weighted by molar-refractivity contribution is 0.0988. The van der Waals surface area contributed by atoms with Crippen molar-refractivity contribution in [2.75, 3.05) is 0 Å². The van der Waals surface area contributed by atoms with Gasteiger partial charge >= 0.3 is 0 Å². The molecule has 0 amide bonds. The van der Waals surface area contributed by atoms with Gasteiger partial charge in [0.25, 0.3) is 5.56 Å². The van der Waals surface area contributed by atoms with Crippen molar-refractivity contribution >= 4 is 34.2 Å². The van der Waals surface area contributed by atoms with Crippen LogP contribution in [0.4, 0.5) is 0 Å². The molecule has 1 unspecified atom stereocenters. The monoisotopic (exact) mass is 390 g/mol. The highest BCUT2D eigenvalue weighted by Gasteiger charge is 2.28. The van der Waals surface area contributed by atoms with Crippen LogP contribution in [0.5, 0.6) is 0 Å². The molecule has 5 rings (SSSR count). The Hall–Kier alpha value is -2.93. The summed E-state index contributed by atoms with van der Waals surface area (Å²) in [6.45, 7) is 0. The van der Waals surface area contributed by atoms with Crippen LogP contribution in [0.2, 0.25) is 0 Å². The van der Waals surface area contributed by atoms with Gasteiger partial charge in [-0.3, -0.25) is 18.6 Å². The lowest BCUT2D eigenvalue weighted by atomic mass is 10.0. The molecule has 0 fully saturated rings. The molecule has 28 heavy (non-hydrogen) atoms. The van der Waals surface area contributed by atoms with Gasteiger partial charge in [-0.1, -0.05) is 48.2 Å². The fourth-order valence-corrected chi connectivity index (χ4v) is 5.03. The second-order valence-electron chi connectivity index (χ2n) is 7.02. The maximum absolute atomic E-state index is 13.2. The Morgan fingerprint density at radius 2 is 1.82 bits per heavy atom. The van der Waals surface area contributed by atoms with E-state index in [0.29, 0.717) is 16.3 Å². The number of ketones is 1. The average molecular weight is 390 g/mol. The normalized spacial score (nSPS) is 17.0. The van der Waals surface area contributed by atoms with Gasteiger partial charge < -0.3 is 0 Å². The molecule has 1 aliphatic rings. The number of hydrogen-bond acceptors (Lipinski definition) is 5. The summed E-state index contributed by atoms with van der Waals surface area (Å²) in [5.41, 5.74) is 2.58. The molecule has 6 nitrogen and oxygen atoms in total. The molecule has 2 aromatic carbocycles. The number of para-hydroxylation sites is 1. The number of fused-ring (bicyclic) bond motifs is 4. The largest absolute Gasteiger partial charge is 0.293 e. The van der Waals surface area contributed by atoms with E-state index in [-0.39, 0.29) is 16.6 Å². The van der Waals surface area contributed by atoms with E-state index in [1.54, 1.807) is 13.1 Å². The van der Waals surface area contributed by atoms with Gasteiger partial charge in [-0.15, -0.1) is 10.2 Å². The Bertz CT molecular complexity index is 1290. The Kier molecular flexibility index (Phi) is 4.05. The van der Waals surface area contributed by atoms with Crippen molar-refractivity contribution in [3.63, 3.8) is 0 Å². The molecule has 0 N–H and O–H groups in total. The highest BCUT2D eigenvalue weighted by molar-refractivity contribution is 8.00. The number of rotatable bonds is 2. The highest BCUT2D eigenvalue weighted by Crippen LogP contribution is 2.33. The zero-order valence-electron chi connectivity index (χ0n) is 15.3. The maximum Gasteiger partial charge on any atom is 0.262 e. The number of carbonyl (C=O) groups is 1. The first-order valence-corrected chi connectivity index (χ1v) is 10.1. The van der Waals surface area contributed by atoms with Crippen LogP contribution in [0.3, 0.4) is 0 Å². The number of aromatic nitrogens is 4. The molecule has 0 bridgehead atoms. The first-order chi connectivity index (χ1) is 13.6. The molecule has 0 saturated carbocycles. The van der Waals surface area contributed by atoms with Gasteiger partial charge in [0.05, 0.1) is 16.2 Å². The number of benzene rings is 2. The molecule has 4 aromatic rings. The minimum Gasteiger partial charge on any atom is -0.293 e. The van der Waals surface area contributed by atoms with Crippen LogP contribution in [0, 0.1) is 0 Å². The van der Waals surface area contributed by atoms with E-state index in [9.17, 15) is 9.59 Å². The average Bonchev–Trinajstić information content (AvgIpc) is 3.08. The second kappa shape index (κ2) is 6.60. The third-order valence-electron chi connectivity index (χ3n) is 5.33. The van der Waals surface area contributed by atoms with E-state index in [0.717, 1.165) is 35.9 Å². The van der Waals surface area contributed by atoms with Crippen LogP contribution >= 0.6 is 11.8 Å². The minimum absolute atomic E-state index is 0.105. The van der Waals surface area contributed by atoms with Crippen molar-refractivity contribution in [2.45, 2.75) is 29.7 Å². The fourth-order valence-electron chi connectivity index (χ4n) is 3.89. The van der Waals surface area contributed by atoms with E-state index >= 15 is 0 Å². The highest BCUT2D eigenvalue weighted by atomic mass is 32.2. The molecule has 0 radical (unpaired) electrons. The Morgan fingerprint density at radius 1 is 1.04 bits per heavy atom. The smallest absolute Gasteiger partial charge is 0.262 e. The quantitative estimate of drug-likeness (QED) is 0.492.